The zero-order chi connectivity index (χ0) is 12.1. The van der Waals surface area contributed by atoms with Crippen molar-refractivity contribution in [3.05, 3.63) is 12.1 Å². The van der Waals surface area contributed by atoms with Crippen LogP contribution in [0.2, 0.25) is 0 Å². The fraction of sp³-hybridized carbons (Fsp3) is 0.545. The highest BCUT2D eigenvalue weighted by Gasteiger charge is 2.09. The number of anilines is 2. The van der Waals surface area contributed by atoms with E-state index in [2.05, 4.69) is 4.98 Å². The van der Waals surface area contributed by atoms with Crippen LogP contribution < -0.4 is 15.4 Å². The molecule has 0 aromatic carbocycles. The Labute approximate surface area is 95.8 Å². The van der Waals surface area contributed by atoms with E-state index in [1.165, 1.54) is 0 Å². The normalized spacial score (nSPS) is 12.2. The van der Waals surface area contributed by atoms with Gasteiger partial charge in [0.15, 0.2) is 5.82 Å². The Morgan fingerprint density at radius 2 is 2.25 bits per heavy atom. The first-order valence-electron chi connectivity index (χ1n) is 5.24. The van der Waals surface area contributed by atoms with E-state index >= 15 is 0 Å². The van der Waals surface area contributed by atoms with Gasteiger partial charge in [-0.3, -0.25) is 0 Å². The summed E-state index contributed by atoms with van der Waals surface area (Å²) in [5, 5.41) is 9.22. The van der Waals surface area contributed by atoms with Crippen LogP contribution in [-0.4, -0.2) is 36.9 Å². The van der Waals surface area contributed by atoms with Crippen LogP contribution in [0.1, 0.15) is 13.3 Å². The number of hydrogen-bond donors (Lipinski definition) is 2. The van der Waals surface area contributed by atoms with E-state index in [1.807, 2.05) is 11.9 Å². The van der Waals surface area contributed by atoms with Crippen molar-refractivity contribution >= 4 is 11.5 Å². The van der Waals surface area contributed by atoms with E-state index in [1.54, 1.807) is 26.2 Å². The molecule has 0 spiro atoms. The highest BCUT2D eigenvalue weighted by molar-refractivity contribution is 5.63. The minimum atomic E-state index is -0.325. The van der Waals surface area contributed by atoms with E-state index in [0.717, 1.165) is 0 Å². The Kier molecular flexibility index (Phi) is 4.37. The van der Waals surface area contributed by atoms with Crippen LogP contribution in [0.3, 0.4) is 0 Å². The molecule has 1 aromatic heterocycles. The fourth-order valence-corrected chi connectivity index (χ4v) is 1.35. The molecule has 90 valence electrons. The van der Waals surface area contributed by atoms with E-state index in [4.69, 9.17) is 10.5 Å². The molecular weight excluding hydrogens is 206 g/mol. The second-order valence-corrected chi connectivity index (χ2v) is 3.83. The third-order valence-corrected chi connectivity index (χ3v) is 2.33. The molecule has 0 amide bonds. The molecule has 0 aliphatic rings. The molecule has 1 unspecified atom stereocenters. The van der Waals surface area contributed by atoms with Crippen molar-refractivity contribution in [2.45, 2.75) is 19.4 Å². The number of ether oxygens (including phenoxy) is 1. The number of rotatable bonds is 5. The predicted octanol–water partition coefficient (Wildman–Crippen LogP) is 0.879. The second-order valence-electron chi connectivity index (χ2n) is 3.83. The first kappa shape index (κ1) is 12.6. The van der Waals surface area contributed by atoms with Gasteiger partial charge in [0, 0.05) is 19.7 Å². The SMILES string of the molecule is COc1ccc(N)c(N(C)CCC(C)O)n1. The van der Waals surface area contributed by atoms with Crippen LogP contribution in [0.5, 0.6) is 5.88 Å². The van der Waals surface area contributed by atoms with Crippen LogP contribution in [0.25, 0.3) is 0 Å². The maximum absolute atomic E-state index is 9.22. The number of methoxy groups -OCH3 is 1. The minimum Gasteiger partial charge on any atom is -0.481 e. The van der Waals surface area contributed by atoms with Crippen molar-refractivity contribution in [1.29, 1.82) is 0 Å². The van der Waals surface area contributed by atoms with Crippen molar-refractivity contribution in [2.75, 3.05) is 31.3 Å². The molecule has 0 saturated carbocycles. The summed E-state index contributed by atoms with van der Waals surface area (Å²) >= 11 is 0. The number of nitrogens with zero attached hydrogens (tertiary/aromatic N) is 2. The summed E-state index contributed by atoms with van der Waals surface area (Å²) in [6, 6.07) is 3.49. The molecule has 0 radical (unpaired) electrons. The Hall–Kier alpha value is -1.49. The number of hydrogen-bond acceptors (Lipinski definition) is 5. The summed E-state index contributed by atoms with van der Waals surface area (Å²) < 4.78 is 5.04. The number of nitrogen functional groups attached to an aromatic ring is 1. The summed E-state index contributed by atoms with van der Waals surface area (Å²) in [5.41, 5.74) is 6.43. The molecule has 0 saturated heterocycles. The van der Waals surface area contributed by atoms with Gasteiger partial charge in [0.1, 0.15) is 0 Å². The lowest BCUT2D eigenvalue weighted by molar-refractivity contribution is 0.187. The number of nitrogens with two attached hydrogens (primary N) is 1. The van der Waals surface area contributed by atoms with Crippen molar-refractivity contribution in [1.82, 2.24) is 4.98 Å². The van der Waals surface area contributed by atoms with Crippen molar-refractivity contribution in [2.24, 2.45) is 0 Å². The van der Waals surface area contributed by atoms with E-state index in [-0.39, 0.29) is 6.10 Å². The standard InChI is InChI=1S/C11H19N3O2/c1-8(15)6-7-14(2)11-9(12)4-5-10(13-11)16-3/h4-5,8,15H,6-7,12H2,1-3H3. The Morgan fingerprint density at radius 1 is 1.56 bits per heavy atom. The molecule has 3 N–H and O–H groups in total. The maximum atomic E-state index is 9.22. The highest BCUT2D eigenvalue weighted by Crippen LogP contribution is 2.22. The summed E-state index contributed by atoms with van der Waals surface area (Å²) in [6.07, 6.45) is 0.351. The molecular formula is C11H19N3O2. The number of aliphatic hydroxyl groups is 1. The number of aromatic nitrogens is 1. The first-order chi connectivity index (χ1) is 7.54. The average molecular weight is 225 g/mol. The maximum Gasteiger partial charge on any atom is 0.215 e. The Balaban J connectivity index is 2.76. The first-order valence-corrected chi connectivity index (χ1v) is 5.24. The Bertz CT molecular complexity index is 342. The topological polar surface area (TPSA) is 71.6 Å². The summed E-state index contributed by atoms with van der Waals surface area (Å²) in [5.74, 6) is 1.22. The van der Waals surface area contributed by atoms with Gasteiger partial charge in [-0.2, -0.15) is 4.98 Å². The minimum absolute atomic E-state index is 0.325. The van der Waals surface area contributed by atoms with E-state index in [0.29, 0.717) is 30.4 Å². The summed E-state index contributed by atoms with van der Waals surface area (Å²) in [4.78, 5) is 6.17. The molecule has 5 heteroatoms. The van der Waals surface area contributed by atoms with Crippen LogP contribution in [0.4, 0.5) is 11.5 Å². The van der Waals surface area contributed by atoms with Gasteiger partial charge >= 0.3 is 0 Å². The van der Waals surface area contributed by atoms with E-state index in [9.17, 15) is 5.11 Å². The molecule has 1 atom stereocenters. The van der Waals surface area contributed by atoms with Gasteiger partial charge in [-0.1, -0.05) is 0 Å². The largest absolute Gasteiger partial charge is 0.481 e. The lowest BCUT2D eigenvalue weighted by Crippen LogP contribution is -2.23. The molecule has 16 heavy (non-hydrogen) atoms. The monoisotopic (exact) mass is 225 g/mol. The quantitative estimate of drug-likeness (QED) is 0.778. The third-order valence-electron chi connectivity index (χ3n) is 2.33. The number of aliphatic hydroxyl groups excluding tert-OH is 1. The molecule has 1 heterocycles. The van der Waals surface area contributed by atoms with Crippen LogP contribution in [0.15, 0.2) is 12.1 Å². The van der Waals surface area contributed by atoms with Crippen LogP contribution >= 0.6 is 0 Å². The van der Waals surface area contributed by atoms with Crippen LogP contribution in [-0.2, 0) is 0 Å². The molecule has 0 aliphatic carbocycles. The second kappa shape index (κ2) is 5.55. The van der Waals surface area contributed by atoms with Crippen molar-refractivity contribution in [3.63, 3.8) is 0 Å². The van der Waals surface area contributed by atoms with Gasteiger partial charge < -0.3 is 20.5 Å². The van der Waals surface area contributed by atoms with Crippen molar-refractivity contribution in [3.8, 4) is 5.88 Å². The lowest BCUT2D eigenvalue weighted by Gasteiger charge is -2.20. The summed E-state index contributed by atoms with van der Waals surface area (Å²) in [7, 11) is 3.46. The predicted molar refractivity (Wildman–Crippen MR) is 64.8 cm³/mol. The molecule has 5 nitrogen and oxygen atoms in total. The van der Waals surface area contributed by atoms with Gasteiger partial charge in [-0.25, -0.2) is 0 Å². The zero-order valence-electron chi connectivity index (χ0n) is 9.97. The van der Waals surface area contributed by atoms with Gasteiger partial charge in [0.25, 0.3) is 0 Å². The van der Waals surface area contributed by atoms with E-state index < -0.39 is 0 Å². The summed E-state index contributed by atoms with van der Waals surface area (Å²) in [6.45, 7) is 2.46. The molecule has 0 fully saturated rings. The number of pyridine rings is 1. The van der Waals surface area contributed by atoms with Crippen molar-refractivity contribution < 1.29 is 9.84 Å². The molecule has 0 aliphatic heterocycles. The molecule has 1 rings (SSSR count). The lowest BCUT2D eigenvalue weighted by atomic mass is 10.2. The highest BCUT2D eigenvalue weighted by atomic mass is 16.5. The third kappa shape index (κ3) is 3.27. The van der Waals surface area contributed by atoms with Crippen LogP contribution in [0, 0.1) is 0 Å². The zero-order valence-corrected chi connectivity index (χ0v) is 9.97. The van der Waals surface area contributed by atoms with Gasteiger partial charge in [-0.15, -0.1) is 0 Å². The molecule has 1 aromatic rings. The average Bonchev–Trinajstić information content (AvgIpc) is 2.26. The van der Waals surface area contributed by atoms with Gasteiger partial charge in [0.2, 0.25) is 5.88 Å². The smallest absolute Gasteiger partial charge is 0.215 e. The molecule has 0 bridgehead atoms. The Morgan fingerprint density at radius 3 is 2.81 bits per heavy atom. The van der Waals surface area contributed by atoms with Gasteiger partial charge in [0.05, 0.1) is 18.9 Å². The van der Waals surface area contributed by atoms with Gasteiger partial charge in [-0.05, 0) is 19.4 Å². The fourth-order valence-electron chi connectivity index (χ4n) is 1.35.